The number of rotatable bonds is 1. The van der Waals surface area contributed by atoms with Crippen molar-refractivity contribution >= 4 is 0 Å². The second-order valence-corrected chi connectivity index (χ2v) is 4.48. The Morgan fingerprint density at radius 3 is 2.24 bits per heavy atom. The largest absolute Gasteiger partial charge is 0.313 e. The van der Waals surface area contributed by atoms with Gasteiger partial charge in [-0.25, -0.2) is 4.98 Å². The number of aromatic nitrogens is 2. The molecule has 0 saturated heterocycles. The van der Waals surface area contributed by atoms with Crippen molar-refractivity contribution < 1.29 is 0 Å². The molecule has 3 nitrogen and oxygen atoms in total. The lowest BCUT2D eigenvalue weighted by Gasteiger charge is -2.12. The molecule has 0 radical (unpaired) electrons. The summed E-state index contributed by atoms with van der Waals surface area (Å²) in [6.45, 7) is 7.98. The van der Waals surface area contributed by atoms with Crippen LogP contribution < -0.4 is 5.56 Å². The van der Waals surface area contributed by atoms with E-state index in [1.54, 1.807) is 6.92 Å². The molecule has 0 saturated carbocycles. The molecule has 2 aromatic rings. The number of aromatic amines is 1. The summed E-state index contributed by atoms with van der Waals surface area (Å²) in [6, 6.07) is 4.23. The number of benzene rings is 1. The van der Waals surface area contributed by atoms with Crippen molar-refractivity contribution in [3.05, 3.63) is 51.1 Å². The number of aryl methyl sites for hydroxylation is 3. The van der Waals surface area contributed by atoms with Crippen molar-refractivity contribution in [2.75, 3.05) is 0 Å². The van der Waals surface area contributed by atoms with Crippen LogP contribution in [0.1, 0.15) is 22.3 Å². The maximum Gasteiger partial charge on any atom is 0.254 e. The lowest BCUT2D eigenvalue weighted by atomic mass is 9.95. The molecule has 1 aromatic heterocycles. The van der Waals surface area contributed by atoms with Gasteiger partial charge in [-0.1, -0.05) is 17.7 Å². The number of nitrogens with one attached hydrogen (secondary N) is 1. The molecule has 3 heteroatoms. The first-order chi connectivity index (χ1) is 8.00. The average Bonchev–Trinajstić information content (AvgIpc) is 2.23. The van der Waals surface area contributed by atoms with Gasteiger partial charge in [0.2, 0.25) is 0 Å². The molecule has 1 aromatic carbocycles. The van der Waals surface area contributed by atoms with Crippen LogP contribution in [0.3, 0.4) is 0 Å². The Morgan fingerprint density at radius 2 is 1.65 bits per heavy atom. The Morgan fingerprint density at radius 1 is 1.06 bits per heavy atom. The van der Waals surface area contributed by atoms with E-state index in [4.69, 9.17) is 0 Å². The van der Waals surface area contributed by atoms with Crippen molar-refractivity contribution in [1.82, 2.24) is 9.97 Å². The maximum atomic E-state index is 11.6. The summed E-state index contributed by atoms with van der Waals surface area (Å²) < 4.78 is 0. The first-order valence-corrected chi connectivity index (χ1v) is 5.63. The zero-order valence-corrected chi connectivity index (χ0v) is 10.6. The zero-order valence-electron chi connectivity index (χ0n) is 10.6. The summed E-state index contributed by atoms with van der Waals surface area (Å²) >= 11 is 0. The van der Waals surface area contributed by atoms with E-state index in [-0.39, 0.29) is 5.56 Å². The van der Waals surface area contributed by atoms with E-state index in [2.05, 4.69) is 42.9 Å². The quantitative estimate of drug-likeness (QED) is 0.815. The van der Waals surface area contributed by atoms with E-state index in [1.807, 2.05) is 0 Å². The lowest BCUT2D eigenvalue weighted by molar-refractivity contribution is 1.08. The summed E-state index contributed by atoms with van der Waals surface area (Å²) in [5, 5.41) is 0. The van der Waals surface area contributed by atoms with Gasteiger partial charge in [-0.2, -0.15) is 0 Å². The molecule has 0 fully saturated rings. The van der Waals surface area contributed by atoms with Gasteiger partial charge in [0.1, 0.15) is 0 Å². The fourth-order valence-corrected chi connectivity index (χ4v) is 2.27. The molecule has 1 heterocycles. The Balaban J connectivity index is 2.77. The lowest BCUT2D eigenvalue weighted by Crippen LogP contribution is -2.12. The molecule has 0 amide bonds. The van der Waals surface area contributed by atoms with Crippen LogP contribution in [0.2, 0.25) is 0 Å². The molecule has 0 atom stereocenters. The zero-order chi connectivity index (χ0) is 12.6. The van der Waals surface area contributed by atoms with Crippen molar-refractivity contribution in [3.63, 3.8) is 0 Å². The van der Waals surface area contributed by atoms with Gasteiger partial charge < -0.3 is 4.98 Å². The molecule has 0 aliphatic rings. The summed E-state index contributed by atoms with van der Waals surface area (Å²) in [7, 11) is 0. The molecule has 0 aliphatic carbocycles. The molecular weight excluding hydrogens is 212 g/mol. The van der Waals surface area contributed by atoms with Gasteiger partial charge in [0, 0.05) is 11.1 Å². The van der Waals surface area contributed by atoms with Crippen molar-refractivity contribution in [1.29, 1.82) is 0 Å². The highest BCUT2D eigenvalue weighted by Crippen LogP contribution is 2.27. The van der Waals surface area contributed by atoms with Gasteiger partial charge in [0.15, 0.2) is 0 Å². The van der Waals surface area contributed by atoms with Crippen LogP contribution in [0.15, 0.2) is 23.3 Å². The standard InChI is InChI=1S/C14H16N2O/c1-8-5-9(2)12(10(3)6-8)13-11(4)14(17)16-7-15-13/h5-7H,1-4H3,(H,15,16,17). The highest BCUT2D eigenvalue weighted by atomic mass is 16.1. The molecule has 0 unspecified atom stereocenters. The van der Waals surface area contributed by atoms with E-state index in [9.17, 15) is 4.79 Å². The molecule has 2 rings (SSSR count). The maximum absolute atomic E-state index is 11.6. The van der Waals surface area contributed by atoms with Crippen molar-refractivity contribution in [2.45, 2.75) is 27.7 Å². The SMILES string of the molecule is Cc1cc(C)c(-c2nc[nH]c(=O)c2C)c(C)c1. The summed E-state index contributed by atoms with van der Waals surface area (Å²) in [6.07, 6.45) is 1.46. The predicted molar refractivity (Wildman–Crippen MR) is 69.2 cm³/mol. The molecule has 0 bridgehead atoms. The Labute approximate surface area is 101 Å². The third-order valence-electron chi connectivity index (χ3n) is 3.00. The van der Waals surface area contributed by atoms with Gasteiger partial charge in [-0.3, -0.25) is 4.79 Å². The molecule has 88 valence electrons. The molecule has 17 heavy (non-hydrogen) atoms. The Hall–Kier alpha value is -1.90. The molecule has 0 spiro atoms. The van der Waals surface area contributed by atoms with Crippen LogP contribution in [0.25, 0.3) is 11.3 Å². The first-order valence-electron chi connectivity index (χ1n) is 5.63. The monoisotopic (exact) mass is 228 g/mol. The number of H-pyrrole nitrogens is 1. The van der Waals surface area contributed by atoms with Crippen LogP contribution in [-0.4, -0.2) is 9.97 Å². The van der Waals surface area contributed by atoms with E-state index in [1.165, 1.54) is 11.9 Å². The number of nitrogens with zero attached hydrogens (tertiary/aromatic N) is 1. The fraction of sp³-hybridized carbons (Fsp3) is 0.286. The van der Waals surface area contributed by atoms with Crippen LogP contribution in [0, 0.1) is 27.7 Å². The van der Waals surface area contributed by atoms with Crippen LogP contribution in [0.4, 0.5) is 0 Å². The summed E-state index contributed by atoms with van der Waals surface area (Å²) in [4.78, 5) is 18.5. The van der Waals surface area contributed by atoms with Gasteiger partial charge in [-0.05, 0) is 38.8 Å². The third kappa shape index (κ3) is 2.00. The highest BCUT2D eigenvalue weighted by Gasteiger charge is 2.12. The van der Waals surface area contributed by atoms with E-state index in [0.29, 0.717) is 5.56 Å². The third-order valence-corrected chi connectivity index (χ3v) is 3.00. The van der Waals surface area contributed by atoms with E-state index in [0.717, 1.165) is 22.4 Å². The molecule has 0 aliphatic heterocycles. The van der Waals surface area contributed by atoms with E-state index < -0.39 is 0 Å². The average molecular weight is 228 g/mol. The van der Waals surface area contributed by atoms with Crippen molar-refractivity contribution in [3.8, 4) is 11.3 Å². The highest BCUT2D eigenvalue weighted by molar-refractivity contribution is 5.70. The number of hydrogen-bond donors (Lipinski definition) is 1. The van der Waals surface area contributed by atoms with Gasteiger partial charge in [-0.15, -0.1) is 0 Å². The normalized spacial score (nSPS) is 10.6. The fourth-order valence-electron chi connectivity index (χ4n) is 2.27. The van der Waals surface area contributed by atoms with Crippen LogP contribution in [-0.2, 0) is 0 Å². The second kappa shape index (κ2) is 4.17. The summed E-state index contributed by atoms with van der Waals surface area (Å²) in [5.74, 6) is 0. The van der Waals surface area contributed by atoms with Gasteiger partial charge in [0.25, 0.3) is 5.56 Å². The minimum Gasteiger partial charge on any atom is -0.313 e. The van der Waals surface area contributed by atoms with Gasteiger partial charge in [0.05, 0.1) is 12.0 Å². The first kappa shape index (κ1) is 11.6. The smallest absolute Gasteiger partial charge is 0.254 e. The predicted octanol–water partition coefficient (Wildman–Crippen LogP) is 2.67. The van der Waals surface area contributed by atoms with Crippen molar-refractivity contribution in [2.24, 2.45) is 0 Å². The molecule has 1 N–H and O–H groups in total. The minimum atomic E-state index is -0.0747. The number of hydrogen-bond acceptors (Lipinski definition) is 2. The summed E-state index contributed by atoms with van der Waals surface area (Å²) in [5.41, 5.74) is 5.98. The molecular formula is C14H16N2O. The van der Waals surface area contributed by atoms with E-state index >= 15 is 0 Å². The minimum absolute atomic E-state index is 0.0747. The van der Waals surface area contributed by atoms with Crippen LogP contribution >= 0.6 is 0 Å². The Bertz CT molecular complexity index is 603. The van der Waals surface area contributed by atoms with Crippen LogP contribution in [0.5, 0.6) is 0 Å². The second-order valence-electron chi connectivity index (χ2n) is 4.48. The topological polar surface area (TPSA) is 45.8 Å². The van der Waals surface area contributed by atoms with Gasteiger partial charge >= 0.3 is 0 Å². The Kier molecular flexibility index (Phi) is 2.84.